The summed E-state index contributed by atoms with van der Waals surface area (Å²) in [6.45, 7) is 0. The Balaban J connectivity index is 3.87. The van der Waals surface area contributed by atoms with Crippen LogP contribution in [0.5, 0.6) is 0 Å². The van der Waals surface area contributed by atoms with Gasteiger partial charge in [0.05, 0.1) is 0 Å². The molecule has 0 spiro atoms. The summed E-state index contributed by atoms with van der Waals surface area (Å²) in [6.07, 6.45) is 0. The molecule has 10 heavy (non-hydrogen) atoms. The largest absolute Gasteiger partial charge is 0.501 e. The molecule has 0 aromatic rings. The zero-order valence-electron chi connectivity index (χ0n) is 6.52. The van der Waals surface area contributed by atoms with Crippen LogP contribution >= 0.6 is 11.6 Å². The average molecular weight is 185 g/mol. The maximum atomic E-state index is 5.52. The Morgan fingerprint density at radius 3 is 1.60 bits per heavy atom. The molecular formula is C5H13ClO3Si. The van der Waals surface area contributed by atoms with E-state index in [-0.39, 0.29) is 0 Å². The lowest BCUT2D eigenvalue weighted by atomic mass is 11.0. The van der Waals surface area contributed by atoms with Crippen molar-refractivity contribution in [3.8, 4) is 0 Å². The predicted molar refractivity (Wildman–Crippen MR) is 42.3 cm³/mol. The van der Waals surface area contributed by atoms with Crippen molar-refractivity contribution in [2.45, 2.75) is 6.04 Å². The highest BCUT2D eigenvalue weighted by Gasteiger charge is 2.36. The first kappa shape index (κ1) is 10.4. The molecule has 0 bridgehead atoms. The van der Waals surface area contributed by atoms with Gasteiger partial charge in [-0.1, -0.05) is 0 Å². The lowest BCUT2D eigenvalue weighted by Gasteiger charge is -2.22. The molecule has 0 saturated carbocycles. The lowest BCUT2D eigenvalue weighted by molar-refractivity contribution is 0.125. The summed E-state index contributed by atoms with van der Waals surface area (Å²) >= 11 is 5.52. The fraction of sp³-hybridized carbons (Fsp3) is 1.00. The van der Waals surface area contributed by atoms with Gasteiger partial charge in [0.1, 0.15) is 0 Å². The smallest absolute Gasteiger partial charge is 0.377 e. The quantitative estimate of drug-likeness (QED) is 0.473. The third-order valence-corrected chi connectivity index (χ3v) is 4.57. The second-order valence-electron chi connectivity index (χ2n) is 1.73. The SMILES string of the molecule is CO[Si](CCCl)(OC)OC. The molecule has 0 heterocycles. The van der Waals surface area contributed by atoms with Gasteiger partial charge in [-0.2, -0.15) is 0 Å². The minimum absolute atomic E-state index is 0.502. The van der Waals surface area contributed by atoms with Gasteiger partial charge in [0.15, 0.2) is 0 Å². The first-order valence-corrected chi connectivity index (χ1v) is 5.42. The van der Waals surface area contributed by atoms with E-state index in [2.05, 4.69) is 0 Å². The Morgan fingerprint density at radius 1 is 1.10 bits per heavy atom. The van der Waals surface area contributed by atoms with E-state index in [9.17, 15) is 0 Å². The Kier molecular flexibility index (Phi) is 5.29. The number of hydrogen-bond donors (Lipinski definition) is 0. The lowest BCUT2D eigenvalue weighted by Crippen LogP contribution is -2.42. The van der Waals surface area contributed by atoms with Crippen molar-refractivity contribution in [2.24, 2.45) is 0 Å². The number of halogens is 1. The predicted octanol–water partition coefficient (Wildman–Crippen LogP) is 1.10. The van der Waals surface area contributed by atoms with Crippen molar-refractivity contribution < 1.29 is 13.3 Å². The maximum Gasteiger partial charge on any atom is 0.501 e. The van der Waals surface area contributed by atoms with E-state index in [4.69, 9.17) is 24.9 Å². The van der Waals surface area contributed by atoms with Crippen LogP contribution in [0.2, 0.25) is 6.04 Å². The van der Waals surface area contributed by atoms with Crippen molar-refractivity contribution in [3.05, 3.63) is 0 Å². The molecule has 0 radical (unpaired) electrons. The van der Waals surface area contributed by atoms with E-state index in [0.717, 1.165) is 0 Å². The second-order valence-corrected chi connectivity index (χ2v) is 5.20. The van der Waals surface area contributed by atoms with Crippen LogP contribution in [0, 0.1) is 0 Å². The van der Waals surface area contributed by atoms with Crippen LogP contribution in [0.1, 0.15) is 0 Å². The van der Waals surface area contributed by atoms with Crippen molar-refractivity contribution in [3.63, 3.8) is 0 Å². The fourth-order valence-electron chi connectivity index (χ4n) is 0.672. The van der Waals surface area contributed by atoms with E-state index in [1.807, 2.05) is 0 Å². The molecule has 0 rings (SSSR count). The zero-order chi connectivity index (χ0) is 8.04. The van der Waals surface area contributed by atoms with Crippen molar-refractivity contribution in [1.82, 2.24) is 0 Å². The third kappa shape index (κ3) is 2.55. The fourth-order valence-corrected chi connectivity index (χ4v) is 2.71. The topological polar surface area (TPSA) is 27.7 Å². The number of alkyl halides is 1. The first-order chi connectivity index (χ1) is 4.74. The normalized spacial score (nSPS) is 12.0. The van der Waals surface area contributed by atoms with Crippen molar-refractivity contribution in [1.29, 1.82) is 0 Å². The highest BCUT2D eigenvalue weighted by atomic mass is 35.5. The second kappa shape index (κ2) is 5.09. The van der Waals surface area contributed by atoms with Crippen LogP contribution in [0.3, 0.4) is 0 Å². The molecule has 0 aliphatic heterocycles. The molecule has 0 amide bonds. The van der Waals surface area contributed by atoms with Gasteiger partial charge in [-0.25, -0.2) is 0 Å². The van der Waals surface area contributed by atoms with Gasteiger partial charge in [-0.05, 0) is 0 Å². The van der Waals surface area contributed by atoms with Crippen LogP contribution in [0.4, 0.5) is 0 Å². The van der Waals surface area contributed by atoms with Crippen molar-refractivity contribution >= 4 is 20.4 Å². The van der Waals surface area contributed by atoms with E-state index in [1.54, 1.807) is 21.3 Å². The molecule has 0 fully saturated rings. The van der Waals surface area contributed by atoms with Crippen LogP contribution in [-0.2, 0) is 13.3 Å². The van der Waals surface area contributed by atoms with Crippen molar-refractivity contribution in [2.75, 3.05) is 27.2 Å². The summed E-state index contributed by atoms with van der Waals surface area (Å²) in [4.78, 5) is 0. The summed E-state index contributed by atoms with van der Waals surface area (Å²) in [7, 11) is 2.38. The zero-order valence-corrected chi connectivity index (χ0v) is 8.27. The van der Waals surface area contributed by atoms with E-state index in [0.29, 0.717) is 11.9 Å². The highest BCUT2D eigenvalue weighted by Crippen LogP contribution is 2.12. The first-order valence-electron chi connectivity index (χ1n) is 2.96. The Hall–Kier alpha value is 0.387. The van der Waals surface area contributed by atoms with E-state index < -0.39 is 8.80 Å². The number of rotatable bonds is 5. The molecule has 0 aliphatic rings. The minimum Gasteiger partial charge on any atom is -0.377 e. The molecular weight excluding hydrogens is 172 g/mol. The third-order valence-electron chi connectivity index (χ3n) is 1.33. The van der Waals surface area contributed by atoms with Gasteiger partial charge in [0.2, 0.25) is 0 Å². The van der Waals surface area contributed by atoms with Gasteiger partial charge in [-0.3, -0.25) is 0 Å². The van der Waals surface area contributed by atoms with Gasteiger partial charge in [0, 0.05) is 33.3 Å². The average Bonchev–Trinajstić information content (AvgIpc) is 2.01. The highest BCUT2D eigenvalue weighted by molar-refractivity contribution is 6.61. The summed E-state index contributed by atoms with van der Waals surface area (Å²) in [5.41, 5.74) is 0. The molecule has 3 nitrogen and oxygen atoms in total. The summed E-state index contributed by atoms with van der Waals surface area (Å²) in [5, 5.41) is 0. The minimum atomic E-state index is -2.35. The molecule has 0 aromatic carbocycles. The standard InChI is InChI=1S/C5H13ClO3Si/c1-7-10(8-2,9-3)5-4-6/h4-5H2,1-3H3. The monoisotopic (exact) mass is 184 g/mol. The van der Waals surface area contributed by atoms with E-state index >= 15 is 0 Å². The molecule has 0 aliphatic carbocycles. The summed E-state index contributed by atoms with van der Waals surface area (Å²) in [5.74, 6) is 0.502. The molecule has 0 saturated heterocycles. The van der Waals surface area contributed by atoms with Gasteiger partial charge in [-0.15, -0.1) is 11.6 Å². The summed E-state index contributed by atoms with van der Waals surface area (Å²) in [6, 6.07) is 0.651. The van der Waals surface area contributed by atoms with Gasteiger partial charge in [0.25, 0.3) is 0 Å². The Morgan fingerprint density at radius 2 is 1.50 bits per heavy atom. The Labute approximate surface area is 67.6 Å². The molecule has 62 valence electrons. The van der Waals surface area contributed by atoms with Crippen LogP contribution in [0.15, 0.2) is 0 Å². The van der Waals surface area contributed by atoms with Crippen LogP contribution in [0.25, 0.3) is 0 Å². The van der Waals surface area contributed by atoms with Gasteiger partial charge < -0.3 is 13.3 Å². The van der Waals surface area contributed by atoms with Crippen LogP contribution in [-0.4, -0.2) is 36.0 Å². The molecule has 0 N–H and O–H groups in total. The molecule has 5 heteroatoms. The Bertz CT molecular complexity index is 78.7. The molecule has 0 atom stereocenters. The summed E-state index contributed by atoms with van der Waals surface area (Å²) < 4.78 is 15.3. The maximum absolute atomic E-state index is 5.52. The van der Waals surface area contributed by atoms with Gasteiger partial charge >= 0.3 is 8.80 Å². The molecule has 0 unspecified atom stereocenters. The van der Waals surface area contributed by atoms with E-state index in [1.165, 1.54) is 0 Å². The number of hydrogen-bond acceptors (Lipinski definition) is 3. The van der Waals surface area contributed by atoms with Crippen LogP contribution < -0.4 is 0 Å². The molecule has 0 aromatic heterocycles.